The van der Waals surface area contributed by atoms with Crippen molar-refractivity contribution in [3.63, 3.8) is 0 Å². The van der Waals surface area contributed by atoms with E-state index < -0.39 is 17.7 Å². The number of pyridine rings is 1. The molecule has 0 bridgehead atoms. The third-order valence-corrected chi connectivity index (χ3v) is 6.11. The summed E-state index contributed by atoms with van der Waals surface area (Å²) in [5.74, 6) is -0.308. The Kier molecular flexibility index (Phi) is 10.9. The highest BCUT2D eigenvalue weighted by Crippen LogP contribution is 2.18. The highest BCUT2D eigenvalue weighted by molar-refractivity contribution is 5.85. The minimum atomic E-state index is -1.13. The molecule has 0 unspecified atom stereocenters. The van der Waals surface area contributed by atoms with Gasteiger partial charge in [-0.25, -0.2) is 9.18 Å². The molecule has 4 aromatic rings. The molecule has 0 spiro atoms. The molecule has 11 heteroatoms. The molecule has 0 fully saturated rings. The van der Waals surface area contributed by atoms with E-state index in [9.17, 15) is 14.0 Å². The van der Waals surface area contributed by atoms with Gasteiger partial charge >= 0.3 is 6.09 Å². The molecule has 2 aromatic heterocycles. The van der Waals surface area contributed by atoms with Gasteiger partial charge in [0.2, 0.25) is 5.91 Å². The van der Waals surface area contributed by atoms with Crippen LogP contribution in [0, 0.1) is 5.82 Å². The van der Waals surface area contributed by atoms with Gasteiger partial charge in [0.25, 0.3) is 0 Å². The van der Waals surface area contributed by atoms with Crippen molar-refractivity contribution < 1.29 is 23.5 Å². The summed E-state index contributed by atoms with van der Waals surface area (Å²) in [5.41, 5.74) is 7.46. The van der Waals surface area contributed by atoms with Crippen molar-refractivity contribution in [2.75, 3.05) is 13.2 Å². The van der Waals surface area contributed by atoms with Crippen molar-refractivity contribution in [1.82, 2.24) is 25.2 Å². The fourth-order valence-electron chi connectivity index (χ4n) is 3.95. The Hall–Kier alpha value is -4.35. The van der Waals surface area contributed by atoms with Crippen LogP contribution in [0.15, 0.2) is 72.8 Å². The average molecular weight is 565 g/mol. The first kappa shape index (κ1) is 31.2. The summed E-state index contributed by atoms with van der Waals surface area (Å²) in [5, 5.41) is 14.1. The number of ether oxygens (including phenoxy) is 2. The van der Waals surface area contributed by atoms with Gasteiger partial charge < -0.3 is 25.8 Å². The van der Waals surface area contributed by atoms with Gasteiger partial charge in [0, 0.05) is 6.54 Å². The van der Waals surface area contributed by atoms with E-state index in [1.165, 1.54) is 6.07 Å². The number of hydrogen-bond acceptors (Lipinski definition) is 7. The number of carbonyl (C=O) groups excluding carboxylic acids is 2. The van der Waals surface area contributed by atoms with Gasteiger partial charge in [-0.3, -0.25) is 9.20 Å². The Bertz CT molecular complexity index is 1440. The van der Waals surface area contributed by atoms with E-state index in [0.717, 1.165) is 5.56 Å². The van der Waals surface area contributed by atoms with Gasteiger partial charge in [0.15, 0.2) is 11.5 Å². The Morgan fingerprint density at radius 3 is 2.46 bits per heavy atom. The molecule has 41 heavy (non-hydrogen) atoms. The van der Waals surface area contributed by atoms with Crippen LogP contribution < -0.4 is 16.4 Å². The van der Waals surface area contributed by atoms with Crippen molar-refractivity contribution in [1.29, 1.82) is 0 Å². The van der Waals surface area contributed by atoms with E-state index in [2.05, 4.69) is 20.8 Å². The maximum atomic E-state index is 13.8. The van der Waals surface area contributed by atoms with Crippen molar-refractivity contribution in [3.8, 4) is 0 Å². The second-order valence-electron chi connectivity index (χ2n) is 9.86. The third-order valence-electron chi connectivity index (χ3n) is 6.11. The molecule has 4 N–H and O–H groups in total. The minimum absolute atomic E-state index is 0. The maximum absolute atomic E-state index is 13.8. The highest BCUT2D eigenvalue weighted by Gasteiger charge is 2.28. The molecule has 218 valence electrons. The lowest BCUT2D eigenvalue weighted by atomic mass is 10.1. The number of carbonyl (C=O) groups is 2. The predicted molar refractivity (Wildman–Crippen MR) is 153 cm³/mol. The second kappa shape index (κ2) is 14.3. The summed E-state index contributed by atoms with van der Waals surface area (Å²) >= 11 is 0. The Morgan fingerprint density at radius 2 is 1.73 bits per heavy atom. The van der Waals surface area contributed by atoms with Crippen molar-refractivity contribution in [3.05, 3.63) is 101 Å². The summed E-state index contributed by atoms with van der Waals surface area (Å²) in [6.07, 6.45) is -0.321. The summed E-state index contributed by atoms with van der Waals surface area (Å²) in [7, 11) is 0. The third kappa shape index (κ3) is 8.57. The largest absolute Gasteiger partial charge is 0.443 e. The van der Waals surface area contributed by atoms with Gasteiger partial charge in [-0.05, 0) is 49.6 Å². The topological polar surface area (TPSA) is 133 Å². The standard InChI is InChI=1S/C29H33FN6O4.CH4/c1-29(2,31)27(37)33-24(19-39-17-20-9-4-3-5-10-20)26-35-34-25-14-8-12-22(36(25)26)18-40-28(38)32-16-15-21-11-6-7-13-23(21)30;/h3-14,24H,15-19,31H2,1-2H3,(H,32,38)(H,33,37);1H4/t24-;/m1./s1. The summed E-state index contributed by atoms with van der Waals surface area (Å²) < 4.78 is 26.9. The van der Waals surface area contributed by atoms with Gasteiger partial charge in [-0.1, -0.05) is 62.0 Å². The Morgan fingerprint density at radius 1 is 1.00 bits per heavy atom. The zero-order chi connectivity index (χ0) is 28.5. The molecule has 0 aliphatic rings. The Balaban J connectivity index is 0.00000462. The number of nitrogens with two attached hydrogens (primary N) is 1. The van der Waals surface area contributed by atoms with Gasteiger partial charge in [0.1, 0.15) is 18.5 Å². The quantitative estimate of drug-likeness (QED) is 0.236. The number of amides is 2. The summed E-state index contributed by atoms with van der Waals surface area (Å²) in [6, 6.07) is 20.7. The van der Waals surface area contributed by atoms with Crippen LogP contribution in [0.25, 0.3) is 5.65 Å². The predicted octanol–water partition coefficient (Wildman–Crippen LogP) is 4.08. The maximum Gasteiger partial charge on any atom is 0.407 e. The Labute approximate surface area is 239 Å². The van der Waals surface area contributed by atoms with E-state index in [-0.39, 0.29) is 38.9 Å². The van der Waals surface area contributed by atoms with Crippen LogP contribution >= 0.6 is 0 Å². The number of halogens is 1. The molecule has 0 aliphatic heterocycles. The summed E-state index contributed by atoms with van der Waals surface area (Å²) in [4.78, 5) is 25.2. The lowest BCUT2D eigenvalue weighted by Crippen LogP contribution is -2.51. The lowest BCUT2D eigenvalue weighted by molar-refractivity contribution is -0.126. The normalized spacial score (nSPS) is 11.9. The molecule has 2 amide bonds. The van der Waals surface area contributed by atoms with E-state index in [1.54, 1.807) is 54.6 Å². The van der Waals surface area contributed by atoms with E-state index in [1.807, 2.05) is 30.3 Å². The van der Waals surface area contributed by atoms with Crippen LogP contribution in [0.1, 0.15) is 50.0 Å². The number of alkyl carbamates (subject to hydrolysis) is 1. The lowest BCUT2D eigenvalue weighted by Gasteiger charge is -2.24. The second-order valence-corrected chi connectivity index (χ2v) is 9.86. The smallest absolute Gasteiger partial charge is 0.407 e. The van der Waals surface area contributed by atoms with Crippen LogP contribution in [0.5, 0.6) is 0 Å². The molecular weight excluding hydrogens is 527 g/mol. The first-order chi connectivity index (χ1) is 19.2. The van der Waals surface area contributed by atoms with Gasteiger partial charge in [0.05, 0.1) is 24.4 Å². The van der Waals surface area contributed by atoms with E-state index >= 15 is 0 Å². The number of aromatic nitrogens is 3. The SMILES string of the molecule is C.CC(C)(N)C(=O)N[C@H](COCc1ccccc1)c1nnc2cccc(COC(=O)NCCc3ccccc3F)n12. The van der Waals surface area contributed by atoms with Crippen LogP contribution in [0.3, 0.4) is 0 Å². The number of hydrogen-bond donors (Lipinski definition) is 3. The van der Waals surface area contributed by atoms with Gasteiger partial charge in [-0.2, -0.15) is 0 Å². The zero-order valence-electron chi connectivity index (χ0n) is 22.5. The summed E-state index contributed by atoms with van der Waals surface area (Å²) in [6.45, 7) is 3.76. The van der Waals surface area contributed by atoms with E-state index in [4.69, 9.17) is 15.2 Å². The van der Waals surface area contributed by atoms with Crippen molar-refractivity contribution in [2.24, 2.45) is 5.73 Å². The van der Waals surface area contributed by atoms with Crippen LogP contribution in [0.4, 0.5) is 9.18 Å². The molecule has 2 aromatic carbocycles. The number of rotatable bonds is 12. The average Bonchev–Trinajstić information content (AvgIpc) is 3.37. The molecule has 0 radical (unpaired) electrons. The number of nitrogens with one attached hydrogen (secondary N) is 2. The molecule has 0 saturated heterocycles. The zero-order valence-corrected chi connectivity index (χ0v) is 22.5. The van der Waals surface area contributed by atoms with E-state index in [0.29, 0.717) is 35.8 Å². The monoisotopic (exact) mass is 564 g/mol. The first-order valence-electron chi connectivity index (χ1n) is 12.9. The molecule has 0 aliphatic carbocycles. The molecule has 1 atom stereocenters. The number of nitrogens with zero attached hydrogens (tertiary/aromatic N) is 3. The highest BCUT2D eigenvalue weighted by atomic mass is 19.1. The molecular formula is C30H37FN6O4. The van der Waals surface area contributed by atoms with Crippen LogP contribution in [-0.4, -0.2) is 45.3 Å². The molecule has 0 saturated carbocycles. The first-order valence-corrected chi connectivity index (χ1v) is 12.9. The molecule has 10 nitrogen and oxygen atoms in total. The fraction of sp³-hybridized carbons (Fsp3) is 0.333. The minimum Gasteiger partial charge on any atom is -0.443 e. The van der Waals surface area contributed by atoms with Crippen LogP contribution in [0.2, 0.25) is 0 Å². The van der Waals surface area contributed by atoms with Crippen molar-refractivity contribution >= 4 is 17.6 Å². The van der Waals surface area contributed by atoms with Crippen molar-refractivity contribution in [2.45, 2.75) is 52.5 Å². The number of benzene rings is 2. The fourth-order valence-corrected chi connectivity index (χ4v) is 3.95. The van der Waals surface area contributed by atoms with Gasteiger partial charge in [-0.15, -0.1) is 10.2 Å². The molecule has 2 heterocycles. The van der Waals surface area contributed by atoms with Crippen LogP contribution in [-0.2, 0) is 33.9 Å². The number of fused-ring (bicyclic) bond motifs is 1. The molecule has 4 rings (SSSR count).